The Morgan fingerprint density at radius 3 is 3.09 bits per heavy atom. The Bertz CT molecular complexity index is 312. The van der Waals surface area contributed by atoms with E-state index in [4.69, 9.17) is 10.4 Å². The summed E-state index contributed by atoms with van der Waals surface area (Å²) in [6, 6.07) is 3.61. The molecule has 0 unspecified atom stereocenters. The first-order valence-corrected chi connectivity index (χ1v) is 3.03. The van der Waals surface area contributed by atoms with E-state index in [2.05, 4.69) is 4.98 Å². The summed E-state index contributed by atoms with van der Waals surface area (Å²) in [5.41, 5.74) is 1.13. The maximum Gasteiger partial charge on any atom is 0.101 e. The van der Waals surface area contributed by atoms with E-state index in [-0.39, 0.29) is 0 Å². The third kappa shape index (κ3) is 1.55. The zero-order valence-electron chi connectivity index (χ0n) is 5.73. The summed E-state index contributed by atoms with van der Waals surface area (Å²) in [7, 11) is 0. The van der Waals surface area contributed by atoms with Gasteiger partial charge in [0.25, 0.3) is 0 Å². The van der Waals surface area contributed by atoms with E-state index in [0.29, 0.717) is 11.1 Å². The average molecular weight is 146 g/mol. The molecule has 0 saturated carbocycles. The maximum absolute atomic E-state index is 8.54. The summed E-state index contributed by atoms with van der Waals surface area (Å²) in [6.45, 7) is 0. The fourth-order valence-electron chi connectivity index (χ4n) is 0.724. The summed E-state index contributed by atoms with van der Waals surface area (Å²) in [5, 5.41) is 17.0. The lowest BCUT2D eigenvalue weighted by atomic mass is 10.1. The van der Waals surface area contributed by atoms with Crippen molar-refractivity contribution in [2.24, 2.45) is 0 Å². The highest BCUT2D eigenvalue weighted by atomic mass is 16.2. The standard InChI is InChI=1S/C8H6N2O/c9-5-8-6-10-3-1-7(8)2-4-11/h1-4,6,11H/b4-2+. The number of nitriles is 1. The van der Waals surface area contributed by atoms with Crippen molar-refractivity contribution < 1.29 is 5.11 Å². The van der Waals surface area contributed by atoms with E-state index < -0.39 is 0 Å². The lowest BCUT2D eigenvalue weighted by molar-refractivity contribution is 0.478. The van der Waals surface area contributed by atoms with Crippen LogP contribution in [0.5, 0.6) is 0 Å². The van der Waals surface area contributed by atoms with Gasteiger partial charge in [-0.2, -0.15) is 5.26 Å². The molecule has 0 saturated heterocycles. The Morgan fingerprint density at radius 2 is 2.45 bits per heavy atom. The second kappa shape index (κ2) is 3.37. The van der Waals surface area contributed by atoms with Crippen LogP contribution in [0.15, 0.2) is 24.7 Å². The van der Waals surface area contributed by atoms with Crippen LogP contribution in [-0.4, -0.2) is 10.1 Å². The van der Waals surface area contributed by atoms with Gasteiger partial charge >= 0.3 is 0 Å². The molecule has 0 bridgehead atoms. The van der Waals surface area contributed by atoms with Gasteiger partial charge in [-0.3, -0.25) is 4.98 Å². The molecule has 1 heterocycles. The highest BCUT2D eigenvalue weighted by Gasteiger charge is 1.95. The van der Waals surface area contributed by atoms with Gasteiger partial charge in [0.05, 0.1) is 11.8 Å². The zero-order valence-corrected chi connectivity index (χ0v) is 5.73. The molecule has 11 heavy (non-hydrogen) atoms. The van der Waals surface area contributed by atoms with Crippen LogP contribution in [-0.2, 0) is 0 Å². The van der Waals surface area contributed by atoms with Crippen LogP contribution < -0.4 is 0 Å². The van der Waals surface area contributed by atoms with Gasteiger partial charge < -0.3 is 5.11 Å². The number of aliphatic hydroxyl groups is 1. The molecule has 1 aromatic rings. The molecule has 0 fully saturated rings. The number of hydrogen-bond acceptors (Lipinski definition) is 3. The largest absolute Gasteiger partial charge is 0.516 e. The normalized spacial score (nSPS) is 9.73. The molecular formula is C8H6N2O. The van der Waals surface area contributed by atoms with Gasteiger partial charge in [0.1, 0.15) is 6.07 Å². The van der Waals surface area contributed by atoms with E-state index >= 15 is 0 Å². The number of hydrogen-bond donors (Lipinski definition) is 1. The lowest BCUT2D eigenvalue weighted by Gasteiger charge is -1.92. The molecular weight excluding hydrogens is 140 g/mol. The Balaban J connectivity index is 3.15. The monoisotopic (exact) mass is 146 g/mol. The molecule has 3 nitrogen and oxygen atoms in total. The van der Waals surface area contributed by atoms with Crippen LogP contribution in [0.4, 0.5) is 0 Å². The van der Waals surface area contributed by atoms with Crippen molar-refractivity contribution in [3.8, 4) is 6.07 Å². The van der Waals surface area contributed by atoms with Crippen molar-refractivity contribution in [2.45, 2.75) is 0 Å². The average Bonchev–Trinajstić information content (AvgIpc) is 2.06. The minimum Gasteiger partial charge on any atom is -0.516 e. The van der Waals surface area contributed by atoms with Crippen LogP contribution in [0.1, 0.15) is 11.1 Å². The van der Waals surface area contributed by atoms with Crippen LogP contribution in [0, 0.1) is 11.3 Å². The van der Waals surface area contributed by atoms with Gasteiger partial charge in [0.2, 0.25) is 0 Å². The van der Waals surface area contributed by atoms with Crippen LogP contribution >= 0.6 is 0 Å². The molecule has 54 valence electrons. The van der Waals surface area contributed by atoms with E-state index in [1.54, 1.807) is 12.3 Å². The fourth-order valence-corrected chi connectivity index (χ4v) is 0.724. The summed E-state index contributed by atoms with van der Waals surface area (Å²) in [4.78, 5) is 3.76. The molecule has 0 aromatic carbocycles. The molecule has 1 rings (SSSR count). The second-order valence-electron chi connectivity index (χ2n) is 1.89. The Kier molecular flexibility index (Phi) is 2.24. The Morgan fingerprint density at radius 1 is 1.64 bits per heavy atom. The van der Waals surface area contributed by atoms with E-state index in [0.717, 1.165) is 6.26 Å². The predicted octanol–water partition coefficient (Wildman–Crippen LogP) is 1.48. The highest BCUT2D eigenvalue weighted by Crippen LogP contribution is 2.06. The van der Waals surface area contributed by atoms with Gasteiger partial charge in [-0.25, -0.2) is 0 Å². The van der Waals surface area contributed by atoms with E-state index in [9.17, 15) is 0 Å². The van der Waals surface area contributed by atoms with Crippen molar-refractivity contribution in [3.05, 3.63) is 35.8 Å². The molecule has 0 aliphatic rings. The molecule has 0 aliphatic carbocycles. The molecule has 0 radical (unpaired) electrons. The van der Waals surface area contributed by atoms with Gasteiger partial charge in [-0.15, -0.1) is 0 Å². The Hall–Kier alpha value is -1.82. The highest BCUT2D eigenvalue weighted by molar-refractivity contribution is 5.55. The molecule has 0 spiro atoms. The maximum atomic E-state index is 8.54. The summed E-state index contributed by atoms with van der Waals surface area (Å²) in [5.74, 6) is 0. The zero-order chi connectivity index (χ0) is 8.10. The minimum atomic E-state index is 0.456. The molecule has 1 aromatic heterocycles. The lowest BCUT2D eigenvalue weighted by Crippen LogP contribution is -1.82. The predicted molar refractivity (Wildman–Crippen MR) is 40.6 cm³/mol. The van der Waals surface area contributed by atoms with E-state index in [1.807, 2.05) is 6.07 Å². The van der Waals surface area contributed by atoms with Crippen molar-refractivity contribution >= 4 is 6.08 Å². The first-order valence-electron chi connectivity index (χ1n) is 3.03. The van der Waals surface area contributed by atoms with Gasteiger partial charge in [-0.1, -0.05) is 0 Å². The van der Waals surface area contributed by atoms with Crippen molar-refractivity contribution in [2.75, 3.05) is 0 Å². The van der Waals surface area contributed by atoms with Gasteiger partial charge in [-0.05, 0) is 17.7 Å². The van der Waals surface area contributed by atoms with E-state index in [1.165, 1.54) is 12.3 Å². The molecule has 1 N–H and O–H groups in total. The minimum absolute atomic E-state index is 0.456. The van der Waals surface area contributed by atoms with Crippen LogP contribution in [0.2, 0.25) is 0 Å². The fraction of sp³-hybridized carbons (Fsp3) is 0. The van der Waals surface area contributed by atoms with Crippen molar-refractivity contribution in [1.29, 1.82) is 5.26 Å². The first kappa shape index (κ1) is 7.29. The topological polar surface area (TPSA) is 56.9 Å². The smallest absolute Gasteiger partial charge is 0.101 e. The molecule has 0 aliphatic heterocycles. The quantitative estimate of drug-likeness (QED) is 0.610. The summed E-state index contributed by atoms with van der Waals surface area (Å²) in [6.07, 6.45) is 5.36. The van der Waals surface area contributed by atoms with Crippen LogP contribution in [0.3, 0.4) is 0 Å². The number of aromatic nitrogens is 1. The number of aliphatic hydroxyl groups excluding tert-OH is 1. The van der Waals surface area contributed by atoms with Gasteiger partial charge in [0.15, 0.2) is 0 Å². The molecule has 0 amide bonds. The summed E-state index contributed by atoms with van der Waals surface area (Å²) < 4.78 is 0. The number of rotatable bonds is 1. The van der Waals surface area contributed by atoms with Crippen molar-refractivity contribution in [1.82, 2.24) is 4.98 Å². The third-order valence-electron chi connectivity index (χ3n) is 1.23. The third-order valence-corrected chi connectivity index (χ3v) is 1.23. The summed E-state index contributed by atoms with van der Waals surface area (Å²) >= 11 is 0. The first-order chi connectivity index (χ1) is 5.38. The number of pyridine rings is 1. The second-order valence-corrected chi connectivity index (χ2v) is 1.89. The molecule has 0 atom stereocenters. The SMILES string of the molecule is N#Cc1cnccc1/C=C/O. The van der Waals surface area contributed by atoms with Gasteiger partial charge in [0, 0.05) is 12.4 Å². The Labute approximate surface area is 64.2 Å². The van der Waals surface area contributed by atoms with Crippen LogP contribution in [0.25, 0.3) is 6.08 Å². The molecule has 3 heteroatoms. The van der Waals surface area contributed by atoms with Crippen molar-refractivity contribution in [3.63, 3.8) is 0 Å². The number of nitrogens with zero attached hydrogens (tertiary/aromatic N) is 2.